The number of carbonyl (C=O) groups is 2. The standard InChI is InChI=1S/C8H17N5O3/c9-11-7(14)5-6(8(15)12-10)13-1-3-16-4-2-13/h6H,1-5,9-10H2,(H,11,14)(H,12,15)/t6-/m1/s1. The summed E-state index contributed by atoms with van der Waals surface area (Å²) in [5.74, 6) is 9.26. The normalized spacial score (nSPS) is 18.9. The number of hydrogen-bond acceptors (Lipinski definition) is 6. The van der Waals surface area contributed by atoms with Crippen molar-refractivity contribution in [2.45, 2.75) is 12.5 Å². The fourth-order valence-corrected chi connectivity index (χ4v) is 1.61. The molecule has 1 aliphatic rings. The van der Waals surface area contributed by atoms with Gasteiger partial charge in [-0.1, -0.05) is 0 Å². The molecule has 16 heavy (non-hydrogen) atoms. The lowest BCUT2D eigenvalue weighted by Crippen LogP contribution is -2.54. The molecule has 0 aromatic rings. The van der Waals surface area contributed by atoms with Crippen LogP contribution in [0.3, 0.4) is 0 Å². The fourth-order valence-electron chi connectivity index (χ4n) is 1.61. The molecule has 8 heteroatoms. The molecule has 0 spiro atoms. The number of carbonyl (C=O) groups excluding carboxylic acids is 2. The van der Waals surface area contributed by atoms with E-state index in [4.69, 9.17) is 16.4 Å². The molecule has 1 fully saturated rings. The van der Waals surface area contributed by atoms with Crippen molar-refractivity contribution in [2.24, 2.45) is 11.7 Å². The Morgan fingerprint density at radius 2 is 1.88 bits per heavy atom. The van der Waals surface area contributed by atoms with Gasteiger partial charge in [-0.05, 0) is 0 Å². The molecule has 0 bridgehead atoms. The third kappa shape index (κ3) is 3.42. The van der Waals surface area contributed by atoms with Crippen molar-refractivity contribution < 1.29 is 14.3 Å². The quantitative estimate of drug-likeness (QED) is 0.233. The Morgan fingerprint density at radius 3 is 2.38 bits per heavy atom. The van der Waals surface area contributed by atoms with Crippen LogP contribution in [0.1, 0.15) is 6.42 Å². The maximum Gasteiger partial charge on any atom is 0.251 e. The number of morpholine rings is 1. The first-order valence-corrected chi connectivity index (χ1v) is 5.00. The van der Waals surface area contributed by atoms with Crippen molar-refractivity contribution >= 4 is 11.8 Å². The van der Waals surface area contributed by atoms with Gasteiger partial charge in [0.15, 0.2) is 0 Å². The number of rotatable bonds is 4. The molecule has 0 saturated carbocycles. The lowest BCUT2D eigenvalue weighted by atomic mass is 10.1. The minimum Gasteiger partial charge on any atom is -0.379 e. The molecule has 1 heterocycles. The molecular weight excluding hydrogens is 214 g/mol. The Bertz CT molecular complexity index is 254. The predicted molar refractivity (Wildman–Crippen MR) is 55.5 cm³/mol. The van der Waals surface area contributed by atoms with Gasteiger partial charge in [0.25, 0.3) is 5.91 Å². The van der Waals surface area contributed by atoms with Gasteiger partial charge in [0.2, 0.25) is 5.91 Å². The van der Waals surface area contributed by atoms with Crippen molar-refractivity contribution in [3.05, 3.63) is 0 Å². The van der Waals surface area contributed by atoms with E-state index in [0.29, 0.717) is 26.3 Å². The Hall–Kier alpha value is -1.22. The zero-order valence-corrected chi connectivity index (χ0v) is 8.94. The SMILES string of the molecule is NNC(=O)C[C@H](C(=O)NN)N1CCOCC1. The summed E-state index contributed by atoms with van der Waals surface area (Å²) in [4.78, 5) is 24.5. The second-order valence-electron chi connectivity index (χ2n) is 3.44. The van der Waals surface area contributed by atoms with Gasteiger partial charge in [-0.2, -0.15) is 0 Å². The zero-order chi connectivity index (χ0) is 12.0. The van der Waals surface area contributed by atoms with E-state index in [-0.39, 0.29) is 6.42 Å². The van der Waals surface area contributed by atoms with Gasteiger partial charge < -0.3 is 4.74 Å². The molecule has 1 atom stereocenters. The van der Waals surface area contributed by atoms with Gasteiger partial charge in [0.05, 0.1) is 25.7 Å². The monoisotopic (exact) mass is 231 g/mol. The predicted octanol–water partition coefficient (Wildman–Crippen LogP) is -2.94. The van der Waals surface area contributed by atoms with Crippen LogP contribution in [0, 0.1) is 0 Å². The van der Waals surface area contributed by atoms with Gasteiger partial charge in [0, 0.05) is 13.1 Å². The van der Waals surface area contributed by atoms with Crippen molar-refractivity contribution in [3.63, 3.8) is 0 Å². The Morgan fingerprint density at radius 1 is 1.25 bits per heavy atom. The Labute approximate surface area is 93.2 Å². The molecule has 1 rings (SSSR count). The van der Waals surface area contributed by atoms with Gasteiger partial charge in [-0.3, -0.25) is 25.3 Å². The molecule has 1 saturated heterocycles. The van der Waals surface area contributed by atoms with Crippen molar-refractivity contribution in [2.75, 3.05) is 26.3 Å². The summed E-state index contributed by atoms with van der Waals surface area (Å²) < 4.78 is 5.16. The number of nitrogens with two attached hydrogens (primary N) is 2. The van der Waals surface area contributed by atoms with Crippen LogP contribution in [0.5, 0.6) is 0 Å². The number of amides is 2. The van der Waals surface area contributed by atoms with E-state index < -0.39 is 17.9 Å². The van der Waals surface area contributed by atoms with Crippen molar-refractivity contribution in [1.29, 1.82) is 0 Å². The Balaban J connectivity index is 2.61. The van der Waals surface area contributed by atoms with Crippen LogP contribution < -0.4 is 22.5 Å². The summed E-state index contributed by atoms with van der Waals surface area (Å²) in [5, 5.41) is 0. The summed E-state index contributed by atoms with van der Waals surface area (Å²) in [5.41, 5.74) is 4.05. The van der Waals surface area contributed by atoms with Gasteiger partial charge in [-0.25, -0.2) is 11.7 Å². The van der Waals surface area contributed by atoms with Gasteiger partial charge in [-0.15, -0.1) is 0 Å². The molecule has 2 amide bonds. The van der Waals surface area contributed by atoms with E-state index in [1.807, 2.05) is 15.8 Å². The third-order valence-corrected chi connectivity index (χ3v) is 2.47. The highest BCUT2D eigenvalue weighted by atomic mass is 16.5. The number of hydrazine groups is 2. The first kappa shape index (κ1) is 12.8. The number of nitrogens with one attached hydrogen (secondary N) is 2. The third-order valence-electron chi connectivity index (χ3n) is 2.47. The molecular formula is C8H17N5O3. The number of hydrogen-bond donors (Lipinski definition) is 4. The van der Waals surface area contributed by atoms with Crippen LogP contribution in [-0.4, -0.2) is 49.1 Å². The first-order valence-electron chi connectivity index (χ1n) is 5.00. The molecule has 0 aromatic carbocycles. The average molecular weight is 231 g/mol. The maximum absolute atomic E-state index is 11.5. The van der Waals surface area contributed by atoms with Gasteiger partial charge in [0.1, 0.15) is 0 Å². The highest BCUT2D eigenvalue weighted by Crippen LogP contribution is 2.07. The number of nitrogens with zero attached hydrogens (tertiary/aromatic N) is 1. The smallest absolute Gasteiger partial charge is 0.251 e. The second kappa shape index (κ2) is 6.38. The first-order chi connectivity index (χ1) is 7.69. The lowest BCUT2D eigenvalue weighted by Gasteiger charge is -2.32. The van der Waals surface area contributed by atoms with Crippen LogP contribution in [0.15, 0.2) is 0 Å². The highest BCUT2D eigenvalue weighted by molar-refractivity contribution is 5.87. The van der Waals surface area contributed by atoms with Crippen LogP contribution in [-0.2, 0) is 14.3 Å². The molecule has 0 aromatic heterocycles. The van der Waals surface area contributed by atoms with Crippen LogP contribution >= 0.6 is 0 Å². The second-order valence-corrected chi connectivity index (χ2v) is 3.44. The molecule has 0 unspecified atom stereocenters. The largest absolute Gasteiger partial charge is 0.379 e. The van der Waals surface area contributed by atoms with E-state index in [2.05, 4.69) is 0 Å². The average Bonchev–Trinajstić information content (AvgIpc) is 2.35. The lowest BCUT2D eigenvalue weighted by molar-refractivity contribution is -0.133. The van der Waals surface area contributed by atoms with Crippen molar-refractivity contribution in [3.8, 4) is 0 Å². The van der Waals surface area contributed by atoms with Crippen LogP contribution in [0.2, 0.25) is 0 Å². The topological polar surface area (TPSA) is 123 Å². The van der Waals surface area contributed by atoms with E-state index in [1.54, 1.807) is 0 Å². The van der Waals surface area contributed by atoms with E-state index in [0.717, 1.165) is 0 Å². The van der Waals surface area contributed by atoms with Crippen LogP contribution in [0.25, 0.3) is 0 Å². The van der Waals surface area contributed by atoms with Crippen LogP contribution in [0.4, 0.5) is 0 Å². The minimum atomic E-state index is -0.600. The summed E-state index contributed by atoms with van der Waals surface area (Å²) >= 11 is 0. The summed E-state index contributed by atoms with van der Waals surface area (Å²) in [6.45, 7) is 2.27. The fraction of sp³-hybridized carbons (Fsp3) is 0.750. The zero-order valence-electron chi connectivity index (χ0n) is 8.94. The molecule has 0 radical (unpaired) electrons. The van der Waals surface area contributed by atoms with E-state index in [9.17, 15) is 9.59 Å². The summed E-state index contributed by atoms with van der Waals surface area (Å²) in [7, 11) is 0. The van der Waals surface area contributed by atoms with Gasteiger partial charge >= 0.3 is 0 Å². The molecule has 0 aliphatic carbocycles. The van der Waals surface area contributed by atoms with E-state index >= 15 is 0 Å². The molecule has 6 N–H and O–H groups in total. The number of ether oxygens (including phenoxy) is 1. The maximum atomic E-state index is 11.5. The Kier molecular flexibility index (Phi) is 5.12. The minimum absolute atomic E-state index is 0.0144. The molecule has 8 nitrogen and oxygen atoms in total. The van der Waals surface area contributed by atoms with Crippen molar-refractivity contribution in [1.82, 2.24) is 15.8 Å². The highest BCUT2D eigenvalue weighted by Gasteiger charge is 2.28. The molecule has 92 valence electrons. The van der Waals surface area contributed by atoms with E-state index in [1.165, 1.54) is 0 Å². The summed E-state index contributed by atoms with van der Waals surface area (Å²) in [6.07, 6.45) is -0.0144. The molecule has 1 aliphatic heterocycles. The summed E-state index contributed by atoms with van der Waals surface area (Å²) in [6, 6.07) is -0.600.